The smallest absolute Gasteiger partial charge is 0.203 e. The molecule has 0 saturated carbocycles. The topological polar surface area (TPSA) is 82.8 Å². The fourth-order valence-corrected chi connectivity index (χ4v) is 3.55. The third-order valence-corrected chi connectivity index (χ3v) is 4.85. The summed E-state index contributed by atoms with van der Waals surface area (Å²) in [6.45, 7) is 0. The van der Waals surface area contributed by atoms with Crippen LogP contribution in [-0.2, 0) is 6.42 Å². The van der Waals surface area contributed by atoms with Crippen molar-refractivity contribution < 1.29 is 14.2 Å². The van der Waals surface area contributed by atoms with Crippen LogP contribution in [0.4, 0.5) is 5.69 Å². The molecule has 138 valence electrons. The number of anilines is 1. The van der Waals surface area contributed by atoms with E-state index in [4.69, 9.17) is 19.9 Å². The zero-order chi connectivity index (χ0) is 18.8. The van der Waals surface area contributed by atoms with Crippen LogP contribution < -0.4 is 30.7 Å². The van der Waals surface area contributed by atoms with Gasteiger partial charge in [-0.15, -0.1) is 0 Å². The first-order valence-electron chi connectivity index (χ1n) is 8.49. The Morgan fingerprint density at radius 3 is 2.42 bits per heavy atom. The zero-order valence-electron chi connectivity index (χ0n) is 15.5. The summed E-state index contributed by atoms with van der Waals surface area (Å²) in [5.41, 5.74) is 10.5. The molecule has 0 aliphatic heterocycles. The van der Waals surface area contributed by atoms with Crippen LogP contribution in [0.25, 0.3) is 11.1 Å². The molecule has 3 rings (SSSR count). The Kier molecular flexibility index (Phi) is 5.04. The van der Waals surface area contributed by atoms with E-state index >= 15 is 0 Å². The number of ether oxygens (including phenoxy) is 3. The highest BCUT2D eigenvalue weighted by Crippen LogP contribution is 2.49. The van der Waals surface area contributed by atoms with Gasteiger partial charge in [-0.05, 0) is 47.7 Å². The summed E-state index contributed by atoms with van der Waals surface area (Å²) < 4.78 is 16.7. The molecule has 0 spiro atoms. The molecule has 6 nitrogen and oxygen atoms in total. The third kappa shape index (κ3) is 2.86. The van der Waals surface area contributed by atoms with Crippen molar-refractivity contribution in [1.82, 2.24) is 0 Å². The van der Waals surface area contributed by atoms with E-state index in [1.165, 1.54) is 0 Å². The van der Waals surface area contributed by atoms with Gasteiger partial charge in [0.05, 0.1) is 27.0 Å². The highest BCUT2D eigenvalue weighted by Gasteiger charge is 2.27. The molecule has 1 aliphatic rings. The van der Waals surface area contributed by atoms with Crippen molar-refractivity contribution in [1.29, 1.82) is 0 Å². The Balaban J connectivity index is 2.43. The number of methoxy groups -OCH3 is 3. The lowest BCUT2D eigenvalue weighted by Gasteiger charge is -2.19. The second-order valence-electron chi connectivity index (χ2n) is 6.20. The van der Waals surface area contributed by atoms with Crippen molar-refractivity contribution in [2.75, 3.05) is 33.7 Å². The standard InChI is InChI=1S/C20H24N2O4/c1-22-15-8-6-12-13(10-16(15)23)14(21)7-5-11-9-17(24-2)19(25-3)20(26-4)18(11)12/h6,8-10,14H,5,7,21H2,1-4H3,(H,22,23)/t14-/m0/s1. The third-order valence-electron chi connectivity index (χ3n) is 4.85. The van der Waals surface area contributed by atoms with Crippen LogP contribution in [0.3, 0.4) is 0 Å². The number of fused-ring (bicyclic) bond motifs is 3. The summed E-state index contributed by atoms with van der Waals surface area (Å²) in [5.74, 6) is 1.72. The van der Waals surface area contributed by atoms with E-state index in [0.717, 1.165) is 35.1 Å². The number of benzene rings is 1. The largest absolute Gasteiger partial charge is 0.493 e. The van der Waals surface area contributed by atoms with Gasteiger partial charge in [-0.3, -0.25) is 4.79 Å². The van der Waals surface area contributed by atoms with E-state index in [9.17, 15) is 4.79 Å². The first-order chi connectivity index (χ1) is 12.5. The Morgan fingerprint density at radius 2 is 1.81 bits per heavy atom. The molecular weight excluding hydrogens is 332 g/mol. The van der Waals surface area contributed by atoms with Gasteiger partial charge in [-0.25, -0.2) is 0 Å². The monoisotopic (exact) mass is 356 g/mol. The second-order valence-corrected chi connectivity index (χ2v) is 6.20. The first kappa shape index (κ1) is 18.1. The molecule has 1 aliphatic carbocycles. The molecule has 0 bridgehead atoms. The number of hydrogen-bond donors (Lipinski definition) is 2. The molecule has 1 atom stereocenters. The molecule has 0 heterocycles. The van der Waals surface area contributed by atoms with Gasteiger partial charge in [-0.2, -0.15) is 0 Å². The molecule has 0 saturated heterocycles. The van der Waals surface area contributed by atoms with Crippen LogP contribution in [0.2, 0.25) is 0 Å². The summed E-state index contributed by atoms with van der Waals surface area (Å²) in [5, 5.41) is 2.93. The highest BCUT2D eigenvalue weighted by atomic mass is 16.5. The summed E-state index contributed by atoms with van der Waals surface area (Å²) >= 11 is 0. The van der Waals surface area contributed by atoms with Crippen molar-refractivity contribution in [2.24, 2.45) is 5.73 Å². The van der Waals surface area contributed by atoms with E-state index in [0.29, 0.717) is 22.9 Å². The predicted molar refractivity (Wildman–Crippen MR) is 103 cm³/mol. The number of nitrogens with one attached hydrogen (secondary N) is 1. The molecule has 0 aromatic heterocycles. The fourth-order valence-electron chi connectivity index (χ4n) is 3.55. The zero-order valence-corrected chi connectivity index (χ0v) is 15.5. The maximum atomic E-state index is 12.5. The minimum absolute atomic E-state index is 0.0907. The minimum Gasteiger partial charge on any atom is -0.493 e. The van der Waals surface area contributed by atoms with Gasteiger partial charge in [0, 0.05) is 18.7 Å². The summed E-state index contributed by atoms with van der Waals surface area (Å²) in [6, 6.07) is 7.03. The van der Waals surface area contributed by atoms with Gasteiger partial charge in [-0.1, -0.05) is 6.07 Å². The van der Waals surface area contributed by atoms with Crippen LogP contribution in [0, 0.1) is 0 Å². The van der Waals surface area contributed by atoms with E-state index in [2.05, 4.69) is 5.32 Å². The van der Waals surface area contributed by atoms with Crippen LogP contribution in [0.1, 0.15) is 23.6 Å². The highest BCUT2D eigenvalue weighted by molar-refractivity contribution is 5.82. The molecule has 0 radical (unpaired) electrons. The number of nitrogens with two attached hydrogens (primary N) is 1. The van der Waals surface area contributed by atoms with E-state index in [1.807, 2.05) is 12.1 Å². The number of hydrogen-bond acceptors (Lipinski definition) is 6. The molecule has 6 heteroatoms. The maximum absolute atomic E-state index is 12.5. The lowest BCUT2D eigenvalue weighted by molar-refractivity contribution is 0.324. The van der Waals surface area contributed by atoms with E-state index in [-0.39, 0.29) is 11.5 Å². The second kappa shape index (κ2) is 7.25. The summed E-state index contributed by atoms with van der Waals surface area (Å²) in [7, 11) is 6.51. The Morgan fingerprint density at radius 1 is 1.08 bits per heavy atom. The van der Waals surface area contributed by atoms with Gasteiger partial charge < -0.3 is 25.3 Å². The molecule has 3 N–H and O–H groups in total. The lowest BCUT2D eigenvalue weighted by Crippen LogP contribution is -2.12. The predicted octanol–water partition coefficient (Wildman–Crippen LogP) is 2.73. The van der Waals surface area contributed by atoms with Crippen molar-refractivity contribution >= 4 is 5.69 Å². The van der Waals surface area contributed by atoms with Crippen LogP contribution in [0.15, 0.2) is 29.1 Å². The SMILES string of the molecule is CNc1ccc2c(cc1=O)[C@@H](N)CCc1cc(OC)c(OC)c(OC)c1-2. The number of rotatable bonds is 4. The van der Waals surface area contributed by atoms with Gasteiger partial charge >= 0.3 is 0 Å². The van der Waals surface area contributed by atoms with Crippen molar-refractivity contribution in [3.05, 3.63) is 45.6 Å². The van der Waals surface area contributed by atoms with Crippen molar-refractivity contribution in [2.45, 2.75) is 18.9 Å². The Hall–Kier alpha value is -2.73. The first-order valence-corrected chi connectivity index (χ1v) is 8.49. The maximum Gasteiger partial charge on any atom is 0.203 e. The molecule has 2 aromatic carbocycles. The number of aryl methyl sites for hydroxylation is 1. The average Bonchev–Trinajstić information content (AvgIpc) is 2.89. The average molecular weight is 356 g/mol. The van der Waals surface area contributed by atoms with Gasteiger partial charge in [0.15, 0.2) is 11.5 Å². The van der Waals surface area contributed by atoms with E-state index in [1.54, 1.807) is 40.5 Å². The lowest BCUT2D eigenvalue weighted by atomic mass is 9.95. The van der Waals surface area contributed by atoms with Crippen molar-refractivity contribution in [3.63, 3.8) is 0 Å². The van der Waals surface area contributed by atoms with Gasteiger partial charge in [0.25, 0.3) is 0 Å². The quantitative estimate of drug-likeness (QED) is 0.876. The molecule has 0 unspecified atom stereocenters. The molecular formula is C20H24N2O4. The molecule has 2 aromatic rings. The fraction of sp³-hybridized carbons (Fsp3) is 0.350. The van der Waals surface area contributed by atoms with Crippen molar-refractivity contribution in [3.8, 4) is 28.4 Å². The van der Waals surface area contributed by atoms with Gasteiger partial charge in [0.2, 0.25) is 11.2 Å². The molecule has 0 amide bonds. The normalized spacial score (nSPS) is 15.3. The van der Waals surface area contributed by atoms with Crippen LogP contribution in [0.5, 0.6) is 17.2 Å². The Labute approximate surface area is 152 Å². The minimum atomic E-state index is -0.246. The van der Waals surface area contributed by atoms with E-state index < -0.39 is 0 Å². The van der Waals surface area contributed by atoms with Crippen LogP contribution in [-0.4, -0.2) is 28.4 Å². The summed E-state index contributed by atoms with van der Waals surface area (Å²) in [6.07, 6.45) is 1.47. The Bertz CT molecular complexity index is 896. The summed E-state index contributed by atoms with van der Waals surface area (Å²) in [4.78, 5) is 12.5. The van der Waals surface area contributed by atoms with Crippen LogP contribution >= 0.6 is 0 Å². The molecule has 0 fully saturated rings. The molecule has 26 heavy (non-hydrogen) atoms. The van der Waals surface area contributed by atoms with Gasteiger partial charge in [0.1, 0.15) is 0 Å².